The second kappa shape index (κ2) is 6.09. The van der Waals surface area contributed by atoms with Crippen LogP contribution in [0.5, 0.6) is 0 Å². The lowest BCUT2D eigenvalue weighted by atomic mass is 10.1. The average molecular weight is 307 g/mol. The lowest BCUT2D eigenvalue weighted by Crippen LogP contribution is -2.29. The van der Waals surface area contributed by atoms with Crippen molar-refractivity contribution in [3.8, 4) is 0 Å². The number of sulfone groups is 1. The van der Waals surface area contributed by atoms with Crippen LogP contribution in [0.4, 0.5) is 5.69 Å². The quantitative estimate of drug-likeness (QED) is 0.862. The number of hydrogen-bond donors (Lipinski definition) is 2. The van der Waals surface area contributed by atoms with Crippen LogP contribution in [0, 0.1) is 0 Å². The van der Waals surface area contributed by atoms with Gasteiger partial charge in [-0.15, -0.1) is 0 Å². The molecule has 0 fully saturated rings. The first kappa shape index (κ1) is 15.2. The minimum Gasteiger partial charge on any atom is -0.388 e. The highest BCUT2D eigenvalue weighted by atomic mass is 32.2. The van der Waals surface area contributed by atoms with Crippen molar-refractivity contribution >= 4 is 32.3 Å². The SMILES string of the molecule is CNc1cc(C(=O)NCCS(C)(=O)=O)nc2ccccc12. The van der Waals surface area contributed by atoms with Crippen molar-refractivity contribution in [2.24, 2.45) is 0 Å². The van der Waals surface area contributed by atoms with Gasteiger partial charge in [0.1, 0.15) is 15.5 Å². The zero-order chi connectivity index (χ0) is 15.5. The standard InChI is InChI=1S/C14H17N3O3S/c1-15-12-9-13(14(18)16-7-8-21(2,19)20)17-11-6-4-3-5-10(11)12/h3-6,9H,7-8H2,1-2H3,(H,15,17)(H,16,18). The maximum Gasteiger partial charge on any atom is 0.270 e. The van der Waals surface area contributed by atoms with Crippen LogP contribution in [0.3, 0.4) is 0 Å². The Hall–Kier alpha value is -2.15. The summed E-state index contributed by atoms with van der Waals surface area (Å²) in [7, 11) is -1.33. The number of hydrogen-bond acceptors (Lipinski definition) is 5. The molecule has 1 heterocycles. The summed E-state index contributed by atoms with van der Waals surface area (Å²) in [4.78, 5) is 16.3. The molecule has 0 aliphatic carbocycles. The monoisotopic (exact) mass is 307 g/mol. The number of nitrogens with one attached hydrogen (secondary N) is 2. The Morgan fingerprint density at radius 1 is 1.29 bits per heavy atom. The predicted molar refractivity (Wildman–Crippen MR) is 83.3 cm³/mol. The number of anilines is 1. The summed E-state index contributed by atoms with van der Waals surface area (Å²) in [6.45, 7) is 0.0705. The maximum atomic E-state index is 12.0. The Kier molecular flexibility index (Phi) is 4.42. The molecule has 0 unspecified atom stereocenters. The van der Waals surface area contributed by atoms with Gasteiger partial charge in [-0.3, -0.25) is 4.79 Å². The molecule has 0 aliphatic heterocycles. The third-order valence-corrected chi connectivity index (χ3v) is 3.92. The van der Waals surface area contributed by atoms with Crippen LogP contribution in [0.2, 0.25) is 0 Å². The molecule has 0 atom stereocenters. The van der Waals surface area contributed by atoms with Crippen molar-refractivity contribution in [2.75, 3.05) is 30.9 Å². The van der Waals surface area contributed by atoms with Crippen molar-refractivity contribution in [3.63, 3.8) is 0 Å². The van der Waals surface area contributed by atoms with Crippen molar-refractivity contribution in [2.45, 2.75) is 0 Å². The minimum absolute atomic E-state index is 0.0705. The number of para-hydroxylation sites is 1. The van der Waals surface area contributed by atoms with E-state index in [9.17, 15) is 13.2 Å². The van der Waals surface area contributed by atoms with E-state index in [1.807, 2.05) is 24.3 Å². The van der Waals surface area contributed by atoms with Gasteiger partial charge in [-0.05, 0) is 12.1 Å². The van der Waals surface area contributed by atoms with Gasteiger partial charge in [-0.2, -0.15) is 0 Å². The van der Waals surface area contributed by atoms with Crippen molar-refractivity contribution in [3.05, 3.63) is 36.0 Å². The molecule has 2 rings (SSSR count). The number of carbonyl (C=O) groups excluding carboxylic acids is 1. The molecule has 0 bridgehead atoms. The highest BCUT2D eigenvalue weighted by Crippen LogP contribution is 2.22. The summed E-state index contributed by atoms with van der Waals surface area (Å²) in [5.74, 6) is -0.480. The van der Waals surface area contributed by atoms with E-state index in [1.54, 1.807) is 13.1 Å². The van der Waals surface area contributed by atoms with Gasteiger partial charge in [-0.25, -0.2) is 13.4 Å². The topological polar surface area (TPSA) is 88.2 Å². The van der Waals surface area contributed by atoms with Gasteiger partial charge in [-0.1, -0.05) is 18.2 Å². The Labute approximate surface area is 123 Å². The first-order valence-corrected chi connectivity index (χ1v) is 8.50. The first-order valence-electron chi connectivity index (χ1n) is 6.44. The van der Waals surface area contributed by atoms with Gasteiger partial charge in [0, 0.05) is 30.9 Å². The third kappa shape index (κ3) is 3.91. The normalized spacial score (nSPS) is 11.3. The fourth-order valence-corrected chi connectivity index (χ4v) is 2.41. The summed E-state index contributed by atoms with van der Waals surface area (Å²) in [5, 5.41) is 6.52. The van der Waals surface area contributed by atoms with E-state index in [4.69, 9.17) is 0 Å². The summed E-state index contributed by atoms with van der Waals surface area (Å²) in [6.07, 6.45) is 1.13. The minimum atomic E-state index is -3.10. The number of aromatic nitrogens is 1. The second-order valence-corrected chi connectivity index (χ2v) is 6.97. The molecule has 6 nitrogen and oxygen atoms in total. The van der Waals surface area contributed by atoms with E-state index >= 15 is 0 Å². The van der Waals surface area contributed by atoms with Crippen LogP contribution < -0.4 is 10.6 Å². The molecule has 21 heavy (non-hydrogen) atoms. The molecule has 2 N–H and O–H groups in total. The second-order valence-electron chi connectivity index (χ2n) is 4.71. The molecule has 1 aromatic heterocycles. The molecule has 0 aliphatic rings. The molecular weight excluding hydrogens is 290 g/mol. The Morgan fingerprint density at radius 2 is 2.00 bits per heavy atom. The summed E-state index contributed by atoms with van der Waals surface area (Å²) >= 11 is 0. The number of rotatable bonds is 5. The number of benzene rings is 1. The van der Waals surface area contributed by atoms with Crippen LogP contribution in [-0.4, -0.2) is 44.9 Å². The van der Waals surface area contributed by atoms with E-state index in [1.165, 1.54) is 0 Å². The molecule has 0 spiro atoms. The Bertz CT molecular complexity index is 772. The van der Waals surface area contributed by atoms with Gasteiger partial charge in [0.05, 0.1) is 11.3 Å². The van der Waals surface area contributed by atoms with Crippen LogP contribution in [0.1, 0.15) is 10.5 Å². The maximum absolute atomic E-state index is 12.0. The molecule has 0 radical (unpaired) electrons. The summed E-state index contributed by atoms with van der Waals surface area (Å²) in [6, 6.07) is 9.14. The lowest BCUT2D eigenvalue weighted by molar-refractivity contribution is 0.0951. The summed E-state index contributed by atoms with van der Waals surface area (Å²) in [5.41, 5.74) is 1.76. The molecule has 7 heteroatoms. The fraction of sp³-hybridized carbons (Fsp3) is 0.286. The number of nitrogens with zero attached hydrogens (tertiary/aromatic N) is 1. The molecule has 2 aromatic rings. The largest absolute Gasteiger partial charge is 0.388 e. The molecule has 0 saturated heterocycles. The zero-order valence-corrected chi connectivity index (χ0v) is 12.7. The lowest BCUT2D eigenvalue weighted by Gasteiger charge is -2.09. The van der Waals surface area contributed by atoms with Crippen molar-refractivity contribution in [1.82, 2.24) is 10.3 Å². The third-order valence-electron chi connectivity index (χ3n) is 2.98. The predicted octanol–water partition coefficient (Wildman–Crippen LogP) is 1.05. The van der Waals surface area contributed by atoms with Gasteiger partial charge in [0.25, 0.3) is 5.91 Å². The fourth-order valence-electron chi connectivity index (χ4n) is 1.94. The molecule has 0 saturated carbocycles. The van der Waals surface area contributed by atoms with Gasteiger partial charge in [0.15, 0.2) is 0 Å². The van der Waals surface area contributed by atoms with E-state index in [2.05, 4.69) is 15.6 Å². The summed E-state index contributed by atoms with van der Waals surface area (Å²) < 4.78 is 22.1. The van der Waals surface area contributed by atoms with Crippen molar-refractivity contribution < 1.29 is 13.2 Å². The molecule has 112 valence electrons. The molecule has 1 aromatic carbocycles. The van der Waals surface area contributed by atoms with Crippen LogP contribution >= 0.6 is 0 Å². The van der Waals surface area contributed by atoms with E-state index in [-0.39, 0.29) is 23.9 Å². The Morgan fingerprint density at radius 3 is 2.67 bits per heavy atom. The highest BCUT2D eigenvalue weighted by molar-refractivity contribution is 7.90. The van der Waals surface area contributed by atoms with E-state index in [0.29, 0.717) is 5.52 Å². The van der Waals surface area contributed by atoms with Crippen molar-refractivity contribution in [1.29, 1.82) is 0 Å². The van der Waals surface area contributed by atoms with Gasteiger partial charge >= 0.3 is 0 Å². The van der Waals surface area contributed by atoms with Crippen LogP contribution in [0.15, 0.2) is 30.3 Å². The smallest absolute Gasteiger partial charge is 0.270 e. The number of carbonyl (C=O) groups is 1. The van der Waals surface area contributed by atoms with E-state index in [0.717, 1.165) is 17.3 Å². The number of fused-ring (bicyclic) bond motifs is 1. The zero-order valence-electron chi connectivity index (χ0n) is 11.9. The molecular formula is C14H17N3O3S. The average Bonchev–Trinajstić information content (AvgIpc) is 2.44. The van der Waals surface area contributed by atoms with Gasteiger partial charge in [0.2, 0.25) is 0 Å². The Balaban J connectivity index is 2.23. The molecule has 1 amide bonds. The van der Waals surface area contributed by atoms with E-state index < -0.39 is 9.84 Å². The number of amides is 1. The number of pyridine rings is 1. The highest BCUT2D eigenvalue weighted by Gasteiger charge is 2.12. The first-order chi connectivity index (χ1) is 9.90. The van der Waals surface area contributed by atoms with Gasteiger partial charge < -0.3 is 10.6 Å². The van der Waals surface area contributed by atoms with Crippen LogP contribution in [-0.2, 0) is 9.84 Å². The van der Waals surface area contributed by atoms with Crippen LogP contribution in [0.25, 0.3) is 10.9 Å².